The third kappa shape index (κ3) is 2.10. The number of hydrogen-bond acceptors (Lipinski definition) is 2. The van der Waals surface area contributed by atoms with Crippen LogP contribution in [0.25, 0.3) is 5.70 Å². The second-order valence-corrected chi connectivity index (χ2v) is 3.59. The minimum absolute atomic E-state index is 0.546. The zero-order valence-corrected chi connectivity index (χ0v) is 8.77. The lowest BCUT2D eigenvalue weighted by Gasteiger charge is -2.22. The summed E-state index contributed by atoms with van der Waals surface area (Å²) >= 11 is 0. The summed E-state index contributed by atoms with van der Waals surface area (Å²) in [5.41, 5.74) is 3.10. The van der Waals surface area contributed by atoms with Crippen molar-refractivity contribution in [2.45, 2.75) is 19.6 Å². The van der Waals surface area contributed by atoms with Crippen LogP contribution in [0.2, 0.25) is 0 Å². The summed E-state index contributed by atoms with van der Waals surface area (Å²) in [7, 11) is 0. The molecule has 2 rings (SSSR count). The molecule has 1 unspecified atom stereocenters. The molecular weight excluding hydrogens is 186 g/mol. The van der Waals surface area contributed by atoms with Gasteiger partial charge in [0.05, 0.1) is 0 Å². The molecule has 0 amide bonds. The fourth-order valence-electron chi connectivity index (χ4n) is 1.68. The molecule has 0 aromatic heterocycles. The van der Waals surface area contributed by atoms with Crippen LogP contribution in [0.5, 0.6) is 0 Å². The fourth-order valence-corrected chi connectivity index (χ4v) is 1.68. The standard InChI is InChI=1S/C13H15NO/c1-2-10-8-9-12(14-13(10)15)11-6-4-3-5-7-11/h3-9,13-15H,2H2,1H3. The molecule has 1 aromatic carbocycles. The van der Waals surface area contributed by atoms with Crippen LogP contribution in [0.3, 0.4) is 0 Å². The first-order chi connectivity index (χ1) is 7.31. The monoisotopic (exact) mass is 201 g/mol. The number of nitrogens with one attached hydrogen (secondary N) is 1. The van der Waals surface area contributed by atoms with Gasteiger partial charge >= 0.3 is 0 Å². The van der Waals surface area contributed by atoms with Crippen molar-refractivity contribution in [3.63, 3.8) is 0 Å². The molecule has 78 valence electrons. The Morgan fingerprint density at radius 1 is 1.20 bits per heavy atom. The van der Waals surface area contributed by atoms with Crippen molar-refractivity contribution in [2.24, 2.45) is 0 Å². The van der Waals surface area contributed by atoms with Crippen molar-refractivity contribution in [1.82, 2.24) is 5.32 Å². The molecule has 0 radical (unpaired) electrons. The van der Waals surface area contributed by atoms with Gasteiger partial charge in [-0.15, -0.1) is 0 Å². The number of hydrogen-bond donors (Lipinski definition) is 2. The minimum atomic E-state index is -0.546. The van der Waals surface area contributed by atoms with E-state index in [0.717, 1.165) is 23.3 Å². The topological polar surface area (TPSA) is 32.3 Å². The normalized spacial score (nSPS) is 20.3. The molecule has 2 N–H and O–H groups in total. The van der Waals surface area contributed by atoms with Crippen LogP contribution in [-0.4, -0.2) is 11.3 Å². The van der Waals surface area contributed by atoms with Crippen molar-refractivity contribution in [1.29, 1.82) is 0 Å². The van der Waals surface area contributed by atoms with Crippen LogP contribution in [0, 0.1) is 0 Å². The van der Waals surface area contributed by atoms with E-state index in [-0.39, 0.29) is 0 Å². The lowest BCUT2D eigenvalue weighted by Crippen LogP contribution is -2.31. The van der Waals surface area contributed by atoms with Gasteiger partial charge in [-0.25, -0.2) is 0 Å². The highest BCUT2D eigenvalue weighted by molar-refractivity contribution is 5.67. The van der Waals surface area contributed by atoms with Gasteiger partial charge in [0.25, 0.3) is 0 Å². The van der Waals surface area contributed by atoms with E-state index < -0.39 is 6.23 Å². The van der Waals surface area contributed by atoms with Crippen LogP contribution in [0.15, 0.2) is 48.1 Å². The van der Waals surface area contributed by atoms with Crippen LogP contribution < -0.4 is 5.32 Å². The van der Waals surface area contributed by atoms with Crippen LogP contribution in [0.4, 0.5) is 0 Å². The molecule has 0 saturated heterocycles. The average Bonchev–Trinajstić information content (AvgIpc) is 2.30. The molecule has 0 saturated carbocycles. The van der Waals surface area contributed by atoms with Gasteiger partial charge in [-0.1, -0.05) is 43.3 Å². The number of benzene rings is 1. The summed E-state index contributed by atoms with van der Waals surface area (Å²) in [4.78, 5) is 0. The van der Waals surface area contributed by atoms with E-state index in [0.29, 0.717) is 0 Å². The highest BCUT2D eigenvalue weighted by Gasteiger charge is 2.14. The molecule has 1 atom stereocenters. The van der Waals surface area contributed by atoms with Gasteiger partial charge in [-0.3, -0.25) is 0 Å². The summed E-state index contributed by atoms with van der Waals surface area (Å²) in [5, 5.41) is 12.9. The summed E-state index contributed by atoms with van der Waals surface area (Å²) in [5.74, 6) is 0. The number of aliphatic hydroxyl groups is 1. The molecule has 2 heteroatoms. The molecule has 1 aromatic rings. The van der Waals surface area contributed by atoms with E-state index in [9.17, 15) is 5.11 Å². The van der Waals surface area contributed by atoms with Gasteiger partial charge in [0.1, 0.15) is 6.23 Å². The highest BCUT2D eigenvalue weighted by atomic mass is 16.3. The van der Waals surface area contributed by atoms with Gasteiger partial charge in [0.15, 0.2) is 0 Å². The van der Waals surface area contributed by atoms with E-state index in [1.807, 2.05) is 49.4 Å². The molecule has 1 aliphatic rings. The number of allylic oxidation sites excluding steroid dienone is 2. The van der Waals surface area contributed by atoms with Gasteiger partial charge in [0, 0.05) is 5.70 Å². The van der Waals surface area contributed by atoms with Gasteiger partial charge < -0.3 is 10.4 Å². The average molecular weight is 201 g/mol. The van der Waals surface area contributed by atoms with Crippen molar-refractivity contribution in [3.8, 4) is 0 Å². The number of aliphatic hydroxyl groups excluding tert-OH is 1. The summed E-state index contributed by atoms with van der Waals surface area (Å²) < 4.78 is 0. The van der Waals surface area contributed by atoms with Crippen LogP contribution in [0.1, 0.15) is 18.9 Å². The SMILES string of the molecule is CCC1=CC=C(c2ccccc2)NC1O. The molecule has 1 heterocycles. The Morgan fingerprint density at radius 2 is 1.93 bits per heavy atom. The minimum Gasteiger partial charge on any atom is -0.370 e. The molecule has 0 bridgehead atoms. The Balaban J connectivity index is 2.27. The highest BCUT2D eigenvalue weighted by Crippen LogP contribution is 2.19. The summed E-state index contributed by atoms with van der Waals surface area (Å²) in [6.07, 6.45) is 4.33. The number of dihydropyridines is 1. The first-order valence-corrected chi connectivity index (χ1v) is 5.22. The van der Waals surface area contributed by atoms with Gasteiger partial charge in [-0.2, -0.15) is 0 Å². The first kappa shape index (κ1) is 9.99. The van der Waals surface area contributed by atoms with Crippen molar-refractivity contribution >= 4 is 5.70 Å². The predicted octanol–water partition coefficient (Wildman–Crippen LogP) is 2.29. The first-order valence-electron chi connectivity index (χ1n) is 5.22. The molecule has 0 aliphatic carbocycles. The van der Waals surface area contributed by atoms with Crippen molar-refractivity contribution in [2.75, 3.05) is 0 Å². The quantitative estimate of drug-likeness (QED) is 0.769. The summed E-state index contributed by atoms with van der Waals surface area (Å²) in [6.45, 7) is 2.04. The maximum Gasteiger partial charge on any atom is 0.147 e. The van der Waals surface area contributed by atoms with E-state index in [1.54, 1.807) is 0 Å². The Morgan fingerprint density at radius 3 is 2.53 bits per heavy atom. The molecule has 0 fully saturated rings. The fraction of sp³-hybridized carbons (Fsp3) is 0.231. The lowest BCUT2D eigenvalue weighted by molar-refractivity contribution is 0.188. The predicted molar refractivity (Wildman–Crippen MR) is 61.9 cm³/mol. The van der Waals surface area contributed by atoms with Gasteiger partial charge in [0.2, 0.25) is 0 Å². The van der Waals surface area contributed by atoms with Crippen LogP contribution >= 0.6 is 0 Å². The second-order valence-electron chi connectivity index (χ2n) is 3.59. The zero-order chi connectivity index (χ0) is 10.7. The molecule has 1 aliphatic heterocycles. The zero-order valence-electron chi connectivity index (χ0n) is 8.77. The second kappa shape index (κ2) is 4.32. The molecular formula is C13H15NO. The van der Waals surface area contributed by atoms with E-state index in [2.05, 4.69) is 5.32 Å². The lowest BCUT2D eigenvalue weighted by atomic mass is 10.0. The largest absolute Gasteiger partial charge is 0.370 e. The van der Waals surface area contributed by atoms with E-state index >= 15 is 0 Å². The van der Waals surface area contributed by atoms with Gasteiger partial charge in [-0.05, 0) is 23.6 Å². The molecule has 0 spiro atoms. The maximum absolute atomic E-state index is 9.78. The Kier molecular flexibility index (Phi) is 2.88. The van der Waals surface area contributed by atoms with E-state index in [4.69, 9.17) is 0 Å². The maximum atomic E-state index is 9.78. The molecule has 2 nitrogen and oxygen atoms in total. The third-order valence-electron chi connectivity index (χ3n) is 2.60. The summed E-state index contributed by atoms with van der Waals surface area (Å²) in [6, 6.07) is 10.0. The van der Waals surface area contributed by atoms with Crippen molar-refractivity contribution < 1.29 is 5.11 Å². The van der Waals surface area contributed by atoms with Crippen molar-refractivity contribution in [3.05, 3.63) is 53.6 Å². The Hall–Kier alpha value is -1.54. The van der Waals surface area contributed by atoms with Crippen LogP contribution in [-0.2, 0) is 0 Å². The van der Waals surface area contributed by atoms with E-state index in [1.165, 1.54) is 0 Å². The Labute approximate surface area is 89.9 Å². The smallest absolute Gasteiger partial charge is 0.147 e. The molecule has 15 heavy (non-hydrogen) atoms. The number of rotatable bonds is 2. The third-order valence-corrected chi connectivity index (χ3v) is 2.60. The Bertz CT molecular complexity index is 392.